The van der Waals surface area contributed by atoms with Crippen LogP contribution >= 0.6 is 0 Å². The van der Waals surface area contributed by atoms with E-state index in [2.05, 4.69) is 9.97 Å². The molecule has 4 nitrogen and oxygen atoms in total. The number of imidazole rings is 1. The van der Waals surface area contributed by atoms with E-state index in [0.29, 0.717) is 5.82 Å². The Morgan fingerprint density at radius 2 is 1.67 bits per heavy atom. The Morgan fingerprint density at radius 3 is 2.29 bits per heavy atom. The largest absolute Gasteiger partial charge is 0.457 e. The third-order valence-electron chi connectivity index (χ3n) is 3.35. The monoisotopic (exact) mass is 280 g/mol. The minimum absolute atomic E-state index is 0.513. The first-order chi connectivity index (χ1) is 10.2. The molecule has 0 fully saturated rings. The smallest absolute Gasteiger partial charge is 0.144 e. The van der Waals surface area contributed by atoms with Crippen LogP contribution < -0.4 is 4.74 Å². The molecule has 0 bridgehead atoms. The number of hydrogen-bond donors (Lipinski definition) is 2. The van der Waals surface area contributed by atoms with Gasteiger partial charge in [0, 0.05) is 12.4 Å². The molecule has 21 heavy (non-hydrogen) atoms. The van der Waals surface area contributed by atoms with E-state index in [-0.39, 0.29) is 0 Å². The van der Waals surface area contributed by atoms with E-state index in [9.17, 15) is 5.11 Å². The maximum atomic E-state index is 10.6. The first-order valence-corrected chi connectivity index (χ1v) is 6.72. The lowest BCUT2D eigenvalue weighted by molar-refractivity contribution is 0.0931. The Balaban J connectivity index is 1.81. The molecule has 1 atom stereocenters. The minimum atomic E-state index is -1.16. The molecule has 3 aromatic rings. The number of rotatable bonds is 4. The lowest BCUT2D eigenvalue weighted by Crippen LogP contribution is -2.24. The van der Waals surface area contributed by atoms with Gasteiger partial charge >= 0.3 is 0 Å². The fourth-order valence-electron chi connectivity index (χ4n) is 2.14. The normalized spacial score (nSPS) is 13.6. The van der Waals surface area contributed by atoms with E-state index in [1.54, 1.807) is 19.3 Å². The van der Waals surface area contributed by atoms with Gasteiger partial charge in [-0.2, -0.15) is 0 Å². The Labute approximate surface area is 123 Å². The van der Waals surface area contributed by atoms with Crippen LogP contribution in [0.15, 0.2) is 67.0 Å². The van der Waals surface area contributed by atoms with Gasteiger partial charge in [0.25, 0.3) is 0 Å². The molecule has 3 rings (SSSR count). The number of aromatic amines is 1. The van der Waals surface area contributed by atoms with E-state index >= 15 is 0 Å². The van der Waals surface area contributed by atoms with Crippen molar-refractivity contribution >= 4 is 0 Å². The number of aromatic nitrogens is 2. The maximum absolute atomic E-state index is 10.6. The summed E-state index contributed by atoms with van der Waals surface area (Å²) in [6.45, 7) is 1.71. The van der Waals surface area contributed by atoms with Crippen molar-refractivity contribution in [2.45, 2.75) is 12.5 Å². The molecule has 0 aliphatic heterocycles. The molecule has 0 aliphatic carbocycles. The van der Waals surface area contributed by atoms with E-state index in [1.165, 1.54) is 0 Å². The van der Waals surface area contributed by atoms with Crippen LogP contribution in [0.1, 0.15) is 18.3 Å². The topological polar surface area (TPSA) is 58.1 Å². The molecule has 0 saturated carbocycles. The van der Waals surface area contributed by atoms with Crippen molar-refractivity contribution in [1.82, 2.24) is 9.97 Å². The highest BCUT2D eigenvalue weighted by Crippen LogP contribution is 2.29. The molecule has 0 radical (unpaired) electrons. The van der Waals surface area contributed by atoms with Gasteiger partial charge in [-0.05, 0) is 36.8 Å². The average Bonchev–Trinajstić information content (AvgIpc) is 3.04. The standard InChI is InChI=1S/C17H16N2O2/c1-17(20,16-18-11-12-19-16)13-7-9-15(10-8-13)21-14-5-3-2-4-6-14/h2-12,20H,1H3,(H,18,19). The summed E-state index contributed by atoms with van der Waals surface area (Å²) in [5, 5.41) is 10.6. The fourth-order valence-corrected chi connectivity index (χ4v) is 2.14. The number of para-hydroxylation sites is 1. The van der Waals surface area contributed by atoms with Crippen molar-refractivity contribution in [2.75, 3.05) is 0 Å². The predicted molar refractivity (Wildman–Crippen MR) is 80.2 cm³/mol. The van der Waals surface area contributed by atoms with Crippen LogP contribution in [0.25, 0.3) is 0 Å². The van der Waals surface area contributed by atoms with Gasteiger partial charge in [-0.25, -0.2) is 4.98 Å². The number of benzene rings is 2. The summed E-state index contributed by atoms with van der Waals surface area (Å²) in [7, 11) is 0. The van der Waals surface area contributed by atoms with Crippen molar-refractivity contribution in [1.29, 1.82) is 0 Å². The number of H-pyrrole nitrogens is 1. The average molecular weight is 280 g/mol. The molecule has 0 saturated heterocycles. The molecule has 0 aliphatic rings. The third kappa shape index (κ3) is 2.80. The molecule has 106 valence electrons. The van der Waals surface area contributed by atoms with Crippen molar-refractivity contribution in [2.24, 2.45) is 0 Å². The lowest BCUT2D eigenvalue weighted by Gasteiger charge is -2.21. The molecule has 2 N–H and O–H groups in total. The summed E-state index contributed by atoms with van der Waals surface area (Å²) >= 11 is 0. The molecule has 4 heteroatoms. The Bertz CT molecular complexity index is 689. The maximum Gasteiger partial charge on any atom is 0.144 e. The predicted octanol–water partition coefficient (Wildman–Crippen LogP) is 3.46. The van der Waals surface area contributed by atoms with Crippen LogP contribution in [0.5, 0.6) is 11.5 Å². The SMILES string of the molecule is CC(O)(c1ccc(Oc2ccccc2)cc1)c1ncc[nH]1. The summed E-state index contributed by atoms with van der Waals surface area (Å²) in [6, 6.07) is 16.9. The Kier molecular flexibility index (Phi) is 3.46. The molecule has 1 heterocycles. The van der Waals surface area contributed by atoms with Crippen molar-refractivity contribution in [3.63, 3.8) is 0 Å². The molecule has 0 amide bonds. The molecular formula is C17H16N2O2. The molecule has 0 spiro atoms. The van der Waals surface area contributed by atoms with Crippen molar-refractivity contribution in [3.05, 3.63) is 78.4 Å². The van der Waals surface area contributed by atoms with Crippen molar-refractivity contribution in [3.8, 4) is 11.5 Å². The van der Waals surface area contributed by atoms with Gasteiger partial charge in [0.2, 0.25) is 0 Å². The number of nitrogens with zero attached hydrogens (tertiary/aromatic N) is 1. The fraction of sp³-hybridized carbons (Fsp3) is 0.118. The first kappa shape index (κ1) is 13.4. The zero-order chi connectivity index (χ0) is 14.7. The second-order valence-corrected chi connectivity index (χ2v) is 4.95. The van der Waals surface area contributed by atoms with Crippen LogP contribution in [-0.2, 0) is 5.60 Å². The van der Waals surface area contributed by atoms with Gasteiger partial charge in [0.1, 0.15) is 22.9 Å². The minimum Gasteiger partial charge on any atom is -0.457 e. The molecule has 1 unspecified atom stereocenters. The van der Waals surface area contributed by atoms with Crippen LogP contribution in [0.2, 0.25) is 0 Å². The highest BCUT2D eigenvalue weighted by molar-refractivity contribution is 5.36. The van der Waals surface area contributed by atoms with E-state index in [4.69, 9.17) is 4.74 Å². The number of hydrogen-bond acceptors (Lipinski definition) is 3. The van der Waals surface area contributed by atoms with Crippen LogP contribution in [0, 0.1) is 0 Å². The van der Waals surface area contributed by atoms with Gasteiger partial charge in [-0.1, -0.05) is 30.3 Å². The quantitative estimate of drug-likeness (QED) is 0.769. The highest BCUT2D eigenvalue weighted by Gasteiger charge is 2.28. The summed E-state index contributed by atoms with van der Waals surface area (Å²) in [5.41, 5.74) is -0.410. The lowest BCUT2D eigenvalue weighted by atomic mass is 9.95. The van der Waals surface area contributed by atoms with Gasteiger partial charge in [-0.15, -0.1) is 0 Å². The second kappa shape index (κ2) is 5.42. The van der Waals surface area contributed by atoms with E-state index in [0.717, 1.165) is 17.1 Å². The first-order valence-electron chi connectivity index (χ1n) is 6.72. The number of nitrogens with one attached hydrogen (secondary N) is 1. The van der Waals surface area contributed by atoms with Gasteiger partial charge in [0.15, 0.2) is 0 Å². The Hall–Kier alpha value is -2.59. The second-order valence-electron chi connectivity index (χ2n) is 4.95. The summed E-state index contributed by atoms with van der Waals surface area (Å²) in [6.07, 6.45) is 3.31. The molecular weight excluding hydrogens is 264 g/mol. The third-order valence-corrected chi connectivity index (χ3v) is 3.35. The van der Waals surface area contributed by atoms with E-state index < -0.39 is 5.60 Å². The molecule has 1 aromatic heterocycles. The van der Waals surface area contributed by atoms with Gasteiger partial charge in [0.05, 0.1) is 0 Å². The van der Waals surface area contributed by atoms with Crippen LogP contribution in [0.4, 0.5) is 0 Å². The summed E-state index contributed by atoms with van der Waals surface area (Å²) in [5.74, 6) is 2.02. The highest BCUT2D eigenvalue weighted by atomic mass is 16.5. The van der Waals surface area contributed by atoms with Crippen molar-refractivity contribution < 1.29 is 9.84 Å². The zero-order valence-electron chi connectivity index (χ0n) is 11.7. The summed E-state index contributed by atoms with van der Waals surface area (Å²) in [4.78, 5) is 7.06. The van der Waals surface area contributed by atoms with Crippen LogP contribution in [-0.4, -0.2) is 15.1 Å². The zero-order valence-corrected chi connectivity index (χ0v) is 11.7. The Morgan fingerprint density at radius 1 is 1.00 bits per heavy atom. The van der Waals surface area contributed by atoms with Gasteiger partial charge in [-0.3, -0.25) is 0 Å². The summed E-state index contributed by atoms with van der Waals surface area (Å²) < 4.78 is 5.73. The van der Waals surface area contributed by atoms with Crippen LogP contribution in [0.3, 0.4) is 0 Å². The number of aliphatic hydroxyl groups is 1. The molecule has 2 aromatic carbocycles. The van der Waals surface area contributed by atoms with E-state index in [1.807, 2.05) is 54.6 Å². The number of ether oxygens (including phenoxy) is 1. The van der Waals surface area contributed by atoms with Gasteiger partial charge < -0.3 is 14.8 Å².